The number of fused-ring (bicyclic) bond motifs is 1. The molecule has 1 heterocycles. The van der Waals surface area contributed by atoms with Gasteiger partial charge in [-0.15, -0.1) is 0 Å². The van der Waals surface area contributed by atoms with Gasteiger partial charge in [0.15, 0.2) is 17.1 Å². The Hall–Kier alpha value is -4.00. The lowest BCUT2D eigenvalue weighted by molar-refractivity contribution is 0.102. The van der Waals surface area contributed by atoms with E-state index in [1.54, 1.807) is 57.7 Å². The van der Waals surface area contributed by atoms with Gasteiger partial charge in [0.25, 0.3) is 5.91 Å². The van der Waals surface area contributed by atoms with Gasteiger partial charge in [0.2, 0.25) is 5.89 Å². The number of anilines is 1. The summed E-state index contributed by atoms with van der Waals surface area (Å²) >= 11 is 0. The van der Waals surface area contributed by atoms with Crippen LogP contribution in [0.5, 0.6) is 17.2 Å². The highest BCUT2D eigenvalue weighted by Gasteiger charge is 2.16. The smallest absolute Gasteiger partial charge is 0.259 e. The van der Waals surface area contributed by atoms with E-state index in [1.807, 2.05) is 25.1 Å². The van der Waals surface area contributed by atoms with Crippen LogP contribution in [0.25, 0.3) is 22.6 Å². The van der Waals surface area contributed by atoms with Crippen molar-refractivity contribution < 1.29 is 23.4 Å². The molecule has 31 heavy (non-hydrogen) atoms. The Labute approximate surface area is 179 Å². The van der Waals surface area contributed by atoms with Gasteiger partial charge < -0.3 is 23.9 Å². The lowest BCUT2D eigenvalue weighted by Crippen LogP contribution is -2.13. The molecule has 1 N–H and O–H groups in total. The molecule has 1 amide bonds. The Balaban J connectivity index is 1.63. The number of nitrogens with one attached hydrogen (secondary N) is 1. The number of carbonyl (C=O) groups is 1. The molecule has 0 fully saturated rings. The summed E-state index contributed by atoms with van der Waals surface area (Å²) in [5.74, 6) is 1.95. The van der Waals surface area contributed by atoms with Gasteiger partial charge in [-0.05, 0) is 55.0 Å². The van der Waals surface area contributed by atoms with E-state index >= 15 is 0 Å². The Kier molecular flexibility index (Phi) is 5.49. The van der Waals surface area contributed by atoms with Crippen molar-refractivity contribution in [2.45, 2.75) is 6.92 Å². The van der Waals surface area contributed by atoms with E-state index in [1.165, 1.54) is 0 Å². The highest BCUT2D eigenvalue weighted by Crippen LogP contribution is 2.33. The Morgan fingerprint density at radius 3 is 2.48 bits per heavy atom. The van der Waals surface area contributed by atoms with Crippen LogP contribution in [-0.2, 0) is 0 Å². The first-order valence-corrected chi connectivity index (χ1v) is 9.62. The van der Waals surface area contributed by atoms with E-state index in [9.17, 15) is 4.79 Å². The molecule has 0 saturated carbocycles. The largest absolute Gasteiger partial charge is 0.496 e. The fourth-order valence-corrected chi connectivity index (χ4v) is 3.40. The van der Waals surface area contributed by atoms with Crippen LogP contribution < -0.4 is 19.5 Å². The lowest BCUT2D eigenvalue weighted by atomic mass is 10.1. The topological polar surface area (TPSA) is 82.8 Å². The minimum Gasteiger partial charge on any atom is -0.496 e. The monoisotopic (exact) mass is 418 g/mol. The number of rotatable bonds is 6. The third-order valence-electron chi connectivity index (χ3n) is 4.94. The predicted molar refractivity (Wildman–Crippen MR) is 118 cm³/mol. The number of ether oxygens (including phenoxy) is 3. The maximum atomic E-state index is 12.8. The highest BCUT2D eigenvalue weighted by molar-refractivity contribution is 6.07. The number of hydrogen-bond donors (Lipinski definition) is 1. The molecule has 0 bridgehead atoms. The minimum absolute atomic E-state index is 0.261. The average Bonchev–Trinajstić information content (AvgIpc) is 3.21. The molecule has 158 valence electrons. The van der Waals surface area contributed by atoms with Gasteiger partial charge in [-0.1, -0.05) is 12.1 Å². The Bertz CT molecular complexity index is 1260. The summed E-state index contributed by atoms with van der Waals surface area (Å²) in [6.07, 6.45) is 0. The molecule has 0 aliphatic carbocycles. The maximum absolute atomic E-state index is 12.8. The second kappa shape index (κ2) is 8.39. The van der Waals surface area contributed by atoms with Crippen LogP contribution in [0, 0.1) is 6.92 Å². The van der Waals surface area contributed by atoms with Crippen LogP contribution in [0.4, 0.5) is 5.69 Å². The van der Waals surface area contributed by atoms with E-state index in [4.69, 9.17) is 18.6 Å². The van der Waals surface area contributed by atoms with Crippen LogP contribution in [0.1, 0.15) is 15.9 Å². The highest BCUT2D eigenvalue weighted by atomic mass is 16.5. The van der Waals surface area contributed by atoms with Crippen LogP contribution in [0.2, 0.25) is 0 Å². The number of benzene rings is 3. The minimum atomic E-state index is -0.261. The van der Waals surface area contributed by atoms with E-state index in [2.05, 4.69) is 10.3 Å². The van der Waals surface area contributed by atoms with Crippen molar-refractivity contribution in [2.24, 2.45) is 0 Å². The molecule has 0 spiro atoms. The summed E-state index contributed by atoms with van der Waals surface area (Å²) in [5, 5.41) is 2.90. The van der Waals surface area contributed by atoms with Crippen LogP contribution in [-0.4, -0.2) is 32.2 Å². The Morgan fingerprint density at radius 2 is 1.74 bits per heavy atom. The van der Waals surface area contributed by atoms with Crippen molar-refractivity contribution in [3.05, 3.63) is 65.7 Å². The first-order valence-electron chi connectivity index (χ1n) is 9.62. The molecule has 7 heteroatoms. The molecule has 4 aromatic rings. The van der Waals surface area contributed by atoms with Crippen LogP contribution in [0.3, 0.4) is 0 Å². The summed E-state index contributed by atoms with van der Waals surface area (Å²) in [7, 11) is 4.71. The quantitative estimate of drug-likeness (QED) is 0.470. The summed E-state index contributed by atoms with van der Waals surface area (Å²) in [4.78, 5) is 17.3. The molecule has 0 radical (unpaired) electrons. The number of carbonyl (C=O) groups excluding carboxylic acids is 1. The van der Waals surface area contributed by atoms with Crippen molar-refractivity contribution >= 4 is 22.7 Å². The van der Waals surface area contributed by atoms with Crippen molar-refractivity contribution in [3.8, 4) is 28.7 Å². The van der Waals surface area contributed by atoms with Crippen LogP contribution in [0.15, 0.2) is 59.0 Å². The first kappa shape index (κ1) is 20.3. The van der Waals surface area contributed by atoms with Gasteiger partial charge in [-0.2, -0.15) is 0 Å². The second-order valence-corrected chi connectivity index (χ2v) is 6.88. The number of oxazole rings is 1. The number of hydrogen-bond acceptors (Lipinski definition) is 6. The summed E-state index contributed by atoms with van der Waals surface area (Å²) < 4.78 is 21.9. The normalized spacial score (nSPS) is 10.7. The molecule has 0 aliphatic rings. The summed E-state index contributed by atoms with van der Waals surface area (Å²) in [6.45, 7) is 1.90. The van der Waals surface area contributed by atoms with Crippen molar-refractivity contribution in [1.29, 1.82) is 0 Å². The molecule has 1 aromatic heterocycles. The van der Waals surface area contributed by atoms with Crippen molar-refractivity contribution in [1.82, 2.24) is 4.98 Å². The number of aromatic nitrogens is 1. The zero-order chi connectivity index (χ0) is 22.0. The van der Waals surface area contributed by atoms with Gasteiger partial charge in [0, 0.05) is 11.3 Å². The van der Waals surface area contributed by atoms with Gasteiger partial charge in [-0.25, -0.2) is 4.98 Å². The molecule has 0 aliphatic heterocycles. The number of para-hydroxylation sites is 1. The molecule has 7 nitrogen and oxygen atoms in total. The third kappa shape index (κ3) is 3.90. The maximum Gasteiger partial charge on any atom is 0.259 e. The summed E-state index contributed by atoms with van der Waals surface area (Å²) in [6, 6.07) is 16.2. The van der Waals surface area contributed by atoms with E-state index in [-0.39, 0.29) is 5.91 Å². The SMILES string of the molecule is COc1ccc(-c2nc3cc(NC(=O)c4cccc(C)c4OC)ccc3o2)cc1OC. The number of aryl methyl sites for hydroxylation is 1. The molecular weight excluding hydrogens is 396 g/mol. The predicted octanol–water partition coefficient (Wildman–Crippen LogP) is 5.08. The standard InChI is InChI=1S/C24H22N2O5/c1-14-6-5-7-17(22(14)30-4)23(27)25-16-9-11-19-18(13-16)26-24(31-19)15-8-10-20(28-2)21(12-15)29-3/h5-13H,1-4H3,(H,25,27). The van der Waals surface area contributed by atoms with Crippen molar-refractivity contribution in [2.75, 3.05) is 26.6 Å². The van der Waals surface area contributed by atoms with E-state index < -0.39 is 0 Å². The van der Waals surface area contributed by atoms with Crippen LogP contribution >= 0.6 is 0 Å². The van der Waals surface area contributed by atoms with E-state index in [0.717, 1.165) is 11.1 Å². The molecule has 0 unspecified atom stereocenters. The molecule has 4 rings (SSSR count). The van der Waals surface area contributed by atoms with Gasteiger partial charge in [0.05, 0.1) is 26.9 Å². The van der Waals surface area contributed by atoms with Gasteiger partial charge in [-0.3, -0.25) is 4.79 Å². The first-order chi connectivity index (χ1) is 15.0. The summed E-state index contributed by atoms with van der Waals surface area (Å²) in [5.41, 5.74) is 3.95. The van der Waals surface area contributed by atoms with Gasteiger partial charge in [0.1, 0.15) is 11.3 Å². The number of amides is 1. The fraction of sp³-hybridized carbons (Fsp3) is 0.167. The fourth-order valence-electron chi connectivity index (χ4n) is 3.40. The molecule has 0 atom stereocenters. The zero-order valence-electron chi connectivity index (χ0n) is 17.7. The van der Waals surface area contributed by atoms with Gasteiger partial charge >= 0.3 is 0 Å². The average molecular weight is 418 g/mol. The molecule has 3 aromatic carbocycles. The number of nitrogens with zero attached hydrogens (tertiary/aromatic N) is 1. The lowest BCUT2D eigenvalue weighted by Gasteiger charge is -2.11. The molecule has 0 saturated heterocycles. The van der Waals surface area contributed by atoms with E-state index in [0.29, 0.717) is 45.5 Å². The Morgan fingerprint density at radius 1 is 0.935 bits per heavy atom. The number of methoxy groups -OCH3 is 3. The van der Waals surface area contributed by atoms with Crippen molar-refractivity contribution in [3.63, 3.8) is 0 Å². The second-order valence-electron chi connectivity index (χ2n) is 6.88. The molecular formula is C24H22N2O5. The zero-order valence-corrected chi connectivity index (χ0v) is 17.7. The third-order valence-corrected chi connectivity index (χ3v) is 4.94.